The van der Waals surface area contributed by atoms with Gasteiger partial charge in [-0.05, 0) is 30.2 Å². The van der Waals surface area contributed by atoms with Gasteiger partial charge in [0.1, 0.15) is 6.61 Å². The molecule has 0 saturated carbocycles. The molecule has 0 heterocycles. The Bertz CT molecular complexity index is 752. The maximum absolute atomic E-state index is 14.6. The highest BCUT2D eigenvalue weighted by molar-refractivity contribution is 5.70. The summed E-state index contributed by atoms with van der Waals surface area (Å²) >= 11 is 0. The molecule has 0 radical (unpaired) electrons. The molecule has 0 amide bonds. The highest BCUT2D eigenvalue weighted by Crippen LogP contribution is 2.25. The molecule has 0 aromatic heterocycles. The van der Waals surface area contributed by atoms with Crippen molar-refractivity contribution in [2.75, 3.05) is 27.4 Å². The van der Waals surface area contributed by atoms with Gasteiger partial charge in [0.2, 0.25) is 0 Å². The molecular weight excluding hydrogens is 377 g/mol. The van der Waals surface area contributed by atoms with Crippen LogP contribution in [0.25, 0.3) is 0 Å². The number of carbonyl (C=O) groups is 1. The molecule has 0 unspecified atom stereocenters. The Morgan fingerprint density at radius 3 is 2.45 bits per heavy atom. The minimum atomic E-state index is -0.496. The van der Waals surface area contributed by atoms with E-state index in [1.165, 1.54) is 20.3 Å². The first-order valence-corrected chi connectivity index (χ1v) is 9.48. The van der Waals surface area contributed by atoms with Crippen molar-refractivity contribution in [2.45, 2.75) is 32.3 Å². The first-order chi connectivity index (χ1) is 14.1. The van der Waals surface area contributed by atoms with Crippen LogP contribution in [0.4, 0.5) is 4.39 Å². The summed E-state index contributed by atoms with van der Waals surface area (Å²) in [6.07, 6.45) is -0.435. The average Bonchev–Trinajstić information content (AvgIpc) is 2.73. The van der Waals surface area contributed by atoms with Crippen LogP contribution in [0, 0.1) is 5.82 Å². The predicted molar refractivity (Wildman–Crippen MR) is 107 cm³/mol. The van der Waals surface area contributed by atoms with Gasteiger partial charge in [0.25, 0.3) is 0 Å². The number of benzene rings is 2. The molecule has 0 spiro atoms. The summed E-state index contributed by atoms with van der Waals surface area (Å²) in [7, 11) is 3.05. The van der Waals surface area contributed by atoms with Crippen LogP contribution in [0.5, 0.6) is 5.75 Å². The normalized spacial score (nSPS) is 12.0. The van der Waals surface area contributed by atoms with Crippen LogP contribution in [0.1, 0.15) is 30.5 Å². The van der Waals surface area contributed by atoms with Crippen molar-refractivity contribution in [3.63, 3.8) is 0 Å². The van der Waals surface area contributed by atoms with Gasteiger partial charge < -0.3 is 24.3 Å². The fourth-order valence-electron chi connectivity index (χ4n) is 2.78. The maximum Gasteiger partial charge on any atom is 0.307 e. The van der Waals surface area contributed by atoms with Gasteiger partial charge in [-0.3, -0.25) is 4.79 Å². The van der Waals surface area contributed by atoms with E-state index in [4.69, 9.17) is 18.9 Å². The third-order valence-corrected chi connectivity index (χ3v) is 4.33. The Kier molecular flexibility index (Phi) is 9.56. The first-order valence-electron chi connectivity index (χ1n) is 9.48. The Balaban J connectivity index is 2.09. The lowest BCUT2D eigenvalue weighted by Gasteiger charge is -2.22. The highest BCUT2D eigenvalue weighted by Gasteiger charge is 2.20. The zero-order chi connectivity index (χ0) is 21.1. The molecular formula is C22H28FNO5. The number of carbonyl (C=O) groups excluding carboxylic acids is 1. The van der Waals surface area contributed by atoms with Crippen LogP contribution in [0.2, 0.25) is 0 Å². The van der Waals surface area contributed by atoms with E-state index >= 15 is 0 Å². The summed E-state index contributed by atoms with van der Waals surface area (Å²) in [6.45, 7) is 2.62. The maximum atomic E-state index is 14.6. The number of esters is 1. The van der Waals surface area contributed by atoms with Gasteiger partial charge in [-0.25, -0.2) is 4.39 Å². The van der Waals surface area contributed by atoms with Crippen molar-refractivity contribution >= 4 is 5.97 Å². The van der Waals surface area contributed by atoms with Crippen LogP contribution < -0.4 is 10.1 Å². The predicted octanol–water partition coefficient (Wildman–Crippen LogP) is 3.61. The second-order valence-corrected chi connectivity index (χ2v) is 6.34. The number of rotatable bonds is 12. The van der Waals surface area contributed by atoms with E-state index in [0.717, 1.165) is 5.56 Å². The van der Waals surface area contributed by atoms with Crippen molar-refractivity contribution in [1.29, 1.82) is 0 Å². The minimum Gasteiger partial charge on any atom is -0.486 e. The SMILES string of the molecule is CCOC(=O)C[C@H](NCC(OC)OC)c1ccc(OCc2ccccc2)c(F)c1. The first kappa shape index (κ1) is 22.8. The summed E-state index contributed by atoms with van der Waals surface area (Å²) in [5.74, 6) is -0.718. The quantitative estimate of drug-likeness (QED) is 0.430. The summed E-state index contributed by atoms with van der Waals surface area (Å²) in [4.78, 5) is 12.0. The van der Waals surface area contributed by atoms with E-state index in [1.807, 2.05) is 30.3 Å². The van der Waals surface area contributed by atoms with Crippen LogP contribution >= 0.6 is 0 Å². The second kappa shape index (κ2) is 12.2. The molecule has 2 rings (SSSR count). The van der Waals surface area contributed by atoms with Gasteiger partial charge in [0.15, 0.2) is 17.9 Å². The van der Waals surface area contributed by atoms with Crippen molar-refractivity contribution in [3.8, 4) is 5.75 Å². The molecule has 1 atom stereocenters. The van der Waals surface area contributed by atoms with Crippen molar-refractivity contribution < 1.29 is 28.1 Å². The molecule has 0 aliphatic rings. The van der Waals surface area contributed by atoms with E-state index in [0.29, 0.717) is 12.1 Å². The van der Waals surface area contributed by atoms with Gasteiger partial charge in [0, 0.05) is 26.8 Å². The van der Waals surface area contributed by atoms with E-state index in [2.05, 4.69) is 5.32 Å². The lowest BCUT2D eigenvalue weighted by molar-refractivity contribution is -0.144. The van der Waals surface area contributed by atoms with E-state index in [-0.39, 0.29) is 31.4 Å². The summed E-state index contributed by atoms with van der Waals surface area (Å²) in [5, 5.41) is 3.17. The highest BCUT2D eigenvalue weighted by atomic mass is 19.1. The van der Waals surface area contributed by atoms with Gasteiger partial charge in [-0.1, -0.05) is 36.4 Å². The standard InChI is InChI=1S/C22H28FNO5/c1-4-28-21(25)13-19(24-14-22(26-2)27-3)17-10-11-20(18(23)12-17)29-15-16-8-6-5-7-9-16/h5-12,19,22,24H,4,13-15H2,1-3H3/t19-/m0/s1. The lowest BCUT2D eigenvalue weighted by atomic mass is 10.0. The molecule has 0 aliphatic carbocycles. The summed E-state index contributed by atoms with van der Waals surface area (Å²) in [5.41, 5.74) is 1.55. The molecule has 0 fully saturated rings. The largest absolute Gasteiger partial charge is 0.486 e. The molecule has 0 aliphatic heterocycles. The lowest BCUT2D eigenvalue weighted by Crippen LogP contribution is -2.34. The average molecular weight is 405 g/mol. The number of ether oxygens (including phenoxy) is 4. The Labute approximate surface area is 170 Å². The van der Waals surface area contributed by atoms with E-state index in [9.17, 15) is 9.18 Å². The van der Waals surface area contributed by atoms with E-state index < -0.39 is 18.1 Å². The van der Waals surface area contributed by atoms with Gasteiger partial charge in [0.05, 0.1) is 13.0 Å². The molecule has 2 aromatic rings. The number of hydrogen-bond donors (Lipinski definition) is 1. The second-order valence-electron chi connectivity index (χ2n) is 6.34. The number of halogens is 1. The fraction of sp³-hybridized carbons (Fsp3) is 0.409. The summed E-state index contributed by atoms with van der Waals surface area (Å²) in [6, 6.07) is 13.7. The van der Waals surface area contributed by atoms with Gasteiger partial charge in [-0.15, -0.1) is 0 Å². The number of nitrogens with one attached hydrogen (secondary N) is 1. The molecule has 1 N–H and O–H groups in total. The molecule has 0 bridgehead atoms. The van der Waals surface area contributed by atoms with Crippen molar-refractivity contribution in [1.82, 2.24) is 5.32 Å². The van der Waals surface area contributed by atoms with Crippen LogP contribution in [0.3, 0.4) is 0 Å². The van der Waals surface area contributed by atoms with Crippen molar-refractivity contribution in [2.24, 2.45) is 0 Å². The zero-order valence-corrected chi connectivity index (χ0v) is 17.0. The third-order valence-electron chi connectivity index (χ3n) is 4.33. The summed E-state index contributed by atoms with van der Waals surface area (Å²) < 4.78 is 35.5. The molecule has 29 heavy (non-hydrogen) atoms. The van der Waals surface area contributed by atoms with Gasteiger partial charge >= 0.3 is 5.97 Å². The third kappa shape index (κ3) is 7.45. The van der Waals surface area contributed by atoms with Crippen LogP contribution in [0.15, 0.2) is 48.5 Å². The smallest absolute Gasteiger partial charge is 0.307 e. The van der Waals surface area contributed by atoms with Crippen molar-refractivity contribution in [3.05, 3.63) is 65.5 Å². The molecule has 2 aromatic carbocycles. The van der Waals surface area contributed by atoms with E-state index in [1.54, 1.807) is 19.1 Å². The number of hydrogen-bond acceptors (Lipinski definition) is 6. The fourth-order valence-corrected chi connectivity index (χ4v) is 2.78. The molecule has 7 heteroatoms. The van der Waals surface area contributed by atoms with Crippen LogP contribution in [-0.2, 0) is 25.6 Å². The Morgan fingerprint density at radius 2 is 1.83 bits per heavy atom. The molecule has 158 valence electrons. The van der Waals surface area contributed by atoms with Gasteiger partial charge in [-0.2, -0.15) is 0 Å². The van der Waals surface area contributed by atoms with Crippen LogP contribution in [-0.4, -0.2) is 39.6 Å². The zero-order valence-electron chi connectivity index (χ0n) is 17.0. The Morgan fingerprint density at radius 1 is 1.10 bits per heavy atom. The molecule has 6 nitrogen and oxygen atoms in total. The topological polar surface area (TPSA) is 66.0 Å². The minimum absolute atomic E-state index is 0.0532. The molecule has 0 saturated heterocycles. The Hall–Kier alpha value is -2.48. The number of methoxy groups -OCH3 is 2. The monoisotopic (exact) mass is 405 g/mol.